The lowest BCUT2D eigenvalue weighted by atomic mass is 10.0. The molecule has 4 rings (SSSR count). The van der Waals surface area contributed by atoms with Crippen molar-refractivity contribution in [3.63, 3.8) is 0 Å². The second-order valence-corrected chi connectivity index (χ2v) is 8.60. The first-order valence-corrected chi connectivity index (χ1v) is 10.4. The lowest BCUT2D eigenvalue weighted by Gasteiger charge is -2.25. The van der Waals surface area contributed by atoms with Gasteiger partial charge in [0.25, 0.3) is 5.91 Å². The number of amides is 2. The van der Waals surface area contributed by atoms with E-state index in [1.54, 1.807) is 23.8 Å². The third-order valence-corrected chi connectivity index (χ3v) is 6.29. The Kier molecular flexibility index (Phi) is 4.95. The molecule has 0 N–H and O–H groups in total. The molecule has 1 aliphatic carbocycles. The number of aryl methyl sites for hydroxylation is 2. The molecule has 29 heavy (non-hydrogen) atoms. The largest absolute Gasteiger partial charge is 0.336 e. The van der Waals surface area contributed by atoms with Gasteiger partial charge in [0.05, 0.1) is 5.69 Å². The summed E-state index contributed by atoms with van der Waals surface area (Å²) in [4.78, 5) is 33.6. The molecule has 2 aliphatic rings. The van der Waals surface area contributed by atoms with Gasteiger partial charge in [0, 0.05) is 23.6 Å². The Hall–Kier alpha value is -2.65. The predicted octanol–water partition coefficient (Wildman–Crippen LogP) is 4.61. The van der Waals surface area contributed by atoms with E-state index >= 15 is 0 Å². The summed E-state index contributed by atoms with van der Waals surface area (Å²) < 4.78 is 1.02. The van der Waals surface area contributed by atoms with Crippen LogP contribution in [0.2, 0.25) is 0 Å². The lowest BCUT2D eigenvalue weighted by Crippen LogP contribution is -2.28. The number of fused-ring (bicyclic) bond motifs is 1. The molecule has 1 fully saturated rings. The Morgan fingerprint density at radius 2 is 1.97 bits per heavy atom. The van der Waals surface area contributed by atoms with E-state index in [1.807, 2.05) is 26.0 Å². The Bertz CT molecular complexity index is 1110. The van der Waals surface area contributed by atoms with E-state index in [4.69, 9.17) is 0 Å². The molecule has 0 radical (unpaired) electrons. The van der Waals surface area contributed by atoms with Gasteiger partial charge in [-0.1, -0.05) is 21.9 Å². The van der Waals surface area contributed by atoms with E-state index in [1.165, 1.54) is 0 Å². The van der Waals surface area contributed by atoms with Crippen molar-refractivity contribution in [3.05, 3.63) is 50.6 Å². The Balaban J connectivity index is 1.94. The van der Waals surface area contributed by atoms with Gasteiger partial charge in [-0.15, -0.1) is 0 Å². The third kappa shape index (κ3) is 3.44. The maximum atomic E-state index is 13.1. The molecule has 148 valence electrons. The van der Waals surface area contributed by atoms with Crippen LogP contribution < -0.4 is 4.90 Å². The monoisotopic (exact) mass is 451 g/mol. The zero-order chi connectivity index (χ0) is 20.9. The van der Waals surface area contributed by atoms with Gasteiger partial charge in [0.1, 0.15) is 11.5 Å². The van der Waals surface area contributed by atoms with Crippen molar-refractivity contribution in [2.75, 3.05) is 11.9 Å². The smallest absolute Gasteiger partial charge is 0.308 e. The number of halogens is 1. The quantitative estimate of drug-likeness (QED) is 0.640. The minimum Gasteiger partial charge on any atom is -0.336 e. The van der Waals surface area contributed by atoms with E-state index in [-0.39, 0.29) is 11.8 Å². The minimum atomic E-state index is -0.342. The van der Waals surface area contributed by atoms with Gasteiger partial charge in [0.2, 0.25) is 0 Å². The second kappa shape index (κ2) is 7.31. The number of hydrogen-bond donors (Lipinski definition) is 0. The summed E-state index contributed by atoms with van der Waals surface area (Å²) in [6, 6.07) is 6.07. The van der Waals surface area contributed by atoms with Crippen molar-refractivity contribution in [1.82, 2.24) is 9.88 Å². The van der Waals surface area contributed by atoms with E-state index in [9.17, 15) is 9.59 Å². The normalized spacial score (nSPS) is 15.1. The van der Waals surface area contributed by atoms with Crippen LogP contribution in [-0.2, 0) is 11.3 Å². The zero-order valence-corrected chi connectivity index (χ0v) is 18.6. The zero-order valence-electron chi connectivity index (χ0n) is 17.0. The SMILES string of the molecule is CC#CC(=O)N(c1cc(C)c(Br)cc1C1CC1)c1nc2c(cc1C)CN(C)C2=O. The number of pyridine rings is 1. The maximum absolute atomic E-state index is 13.1. The molecule has 0 saturated heterocycles. The average molecular weight is 452 g/mol. The van der Waals surface area contributed by atoms with Crippen molar-refractivity contribution in [2.45, 2.75) is 46.1 Å². The topological polar surface area (TPSA) is 53.5 Å². The predicted molar refractivity (Wildman–Crippen MR) is 116 cm³/mol. The van der Waals surface area contributed by atoms with Crippen LogP contribution in [0.4, 0.5) is 11.5 Å². The molecule has 0 bridgehead atoms. The van der Waals surface area contributed by atoms with Gasteiger partial charge in [-0.05, 0) is 80.3 Å². The van der Waals surface area contributed by atoms with Gasteiger partial charge >= 0.3 is 5.91 Å². The van der Waals surface area contributed by atoms with Crippen molar-refractivity contribution in [2.24, 2.45) is 0 Å². The minimum absolute atomic E-state index is 0.121. The number of rotatable bonds is 3. The number of benzene rings is 1. The molecule has 1 aromatic carbocycles. The van der Waals surface area contributed by atoms with Crippen LogP contribution in [0.1, 0.15) is 58.4 Å². The number of hydrogen-bond acceptors (Lipinski definition) is 3. The molecular weight excluding hydrogens is 430 g/mol. The summed E-state index contributed by atoms with van der Waals surface area (Å²) >= 11 is 3.62. The van der Waals surface area contributed by atoms with Crippen LogP contribution in [0.5, 0.6) is 0 Å². The van der Waals surface area contributed by atoms with Crippen molar-refractivity contribution >= 4 is 39.2 Å². The van der Waals surface area contributed by atoms with E-state index < -0.39 is 0 Å². The molecular formula is C23H22BrN3O2. The van der Waals surface area contributed by atoms with Crippen molar-refractivity contribution in [1.29, 1.82) is 0 Å². The third-order valence-electron chi connectivity index (χ3n) is 5.43. The summed E-state index contributed by atoms with van der Waals surface area (Å²) in [5.74, 6) is 5.82. The van der Waals surface area contributed by atoms with Crippen LogP contribution in [0.25, 0.3) is 0 Å². The molecule has 5 nitrogen and oxygen atoms in total. The number of aromatic nitrogens is 1. The summed E-state index contributed by atoms with van der Waals surface area (Å²) in [5, 5.41) is 0. The molecule has 2 amide bonds. The Morgan fingerprint density at radius 1 is 1.24 bits per heavy atom. The molecule has 0 spiro atoms. The van der Waals surface area contributed by atoms with Gasteiger partial charge in [0.15, 0.2) is 0 Å². The summed E-state index contributed by atoms with van der Waals surface area (Å²) in [5.41, 5.74) is 5.09. The van der Waals surface area contributed by atoms with Crippen LogP contribution in [0.15, 0.2) is 22.7 Å². The molecule has 2 heterocycles. The van der Waals surface area contributed by atoms with E-state index in [0.29, 0.717) is 24.0 Å². The van der Waals surface area contributed by atoms with Gasteiger partial charge < -0.3 is 4.90 Å². The molecule has 0 unspecified atom stereocenters. The first kappa shape index (κ1) is 19.7. The molecule has 0 atom stereocenters. The Labute approximate surface area is 179 Å². The molecule has 6 heteroatoms. The van der Waals surface area contributed by atoms with Crippen LogP contribution in [0.3, 0.4) is 0 Å². The lowest BCUT2D eigenvalue weighted by molar-refractivity contribution is -0.112. The first-order valence-electron chi connectivity index (χ1n) is 9.64. The van der Waals surface area contributed by atoms with E-state index in [2.05, 4.69) is 38.8 Å². The second-order valence-electron chi connectivity index (χ2n) is 7.75. The average Bonchev–Trinajstić information content (AvgIpc) is 3.47. The van der Waals surface area contributed by atoms with Gasteiger partial charge in [-0.25, -0.2) is 4.98 Å². The standard InChI is InChI=1S/C23H22BrN3O2/c1-5-6-20(28)27(19-10-13(2)18(24)11-17(19)15-7-8-15)22-14(3)9-16-12-26(4)23(29)21(16)25-22/h9-11,15H,7-8,12H2,1-4H3. The Morgan fingerprint density at radius 3 is 2.62 bits per heavy atom. The maximum Gasteiger partial charge on any atom is 0.308 e. The molecule has 1 saturated carbocycles. The fourth-order valence-electron chi connectivity index (χ4n) is 3.78. The van der Waals surface area contributed by atoms with Gasteiger partial charge in [-0.2, -0.15) is 0 Å². The molecule has 1 aromatic heterocycles. The highest BCUT2D eigenvalue weighted by molar-refractivity contribution is 9.10. The number of carbonyl (C=O) groups is 2. The fourth-order valence-corrected chi connectivity index (χ4v) is 4.14. The number of nitrogens with zero attached hydrogens (tertiary/aromatic N) is 3. The summed E-state index contributed by atoms with van der Waals surface area (Å²) in [7, 11) is 1.76. The first-order chi connectivity index (χ1) is 13.8. The highest BCUT2D eigenvalue weighted by Crippen LogP contribution is 2.47. The molecule has 2 aromatic rings. The molecule has 1 aliphatic heterocycles. The number of carbonyl (C=O) groups excluding carboxylic acids is 2. The summed E-state index contributed by atoms with van der Waals surface area (Å²) in [6.07, 6.45) is 2.20. The van der Waals surface area contributed by atoms with Crippen LogP contribution in [0, 0.1) is 25.7 Å². The highest BCUT2D eigenvalue weighted by Gasteiger charge is 2.34. The van der Waals surface area contributed by atoms with Gasteiger partial charge in [-0.3, -0.25) is 14.5 Å². The summed E-state index contributed by atoms with van der Waals surface area (Å²) in [6.45, 7) is 6.11. The van der Waals surface area contributed by atoms with Crippen molar-refractivity contribution in [3.8, 4) is 11.8 Å². The van der Waals surface area contributed by atoms with Crippen molar-refractivity contribution < 1.29 is 9.59 Å². The fraction of sp³-hybridized carbons (Fsp3) is 0.348. The van der Waals surface area contributed by atoms with Crippen LogP contribution in [-0.4, -0.2) is 28.7 Å². The van der Waals surface area contributed by atoms with E-state index in [0.717, 1.165) is 45.3 Å². The highest BCUT2D eigenvalue weighted by atomic mass is 79.9. The number of anilines is 2. The van der Waals surface area contributed by atoms with Crippen LogP contribution >= 0.6 is 15.9 Å².